The van der Waals surface area contributed by atoms with Crippen molar-refractivity contribution in [2.24, 2.45) is 5.10 Å². The molecule has 1 aliphatic rings. The van der Waals surface area contributed by atoms with Crippen LogP contribution < -0.4 is 0 Å². The first-order valence-corrected chi connectivity index (χ1v) is 6.17. The van der Waals surface area contributed by atoms with E-state index >= 15 is 0 Å². The summed E-state index contributed by atoms with van der Waals surface area (Å²) in [6.45, 7) is 0. The number of alkyl halides is 2. The van der Waals surface area contributed by atoms with Gasteiger partial charge in [0, 0.05) is 18.5 Å². The van der Waals surface area contributed by atoms with Gasteiger partial charge in [-0.15, -0.1) is 23.2 Å². The molecule has 0 bridgehead atoms. The lowest BCUT2D eigenvalue weighted by Crippen LogP contribution is -2.28. The molecule has 0 spiro atoms. The molecule has 0 radical (unpaired) electrons. The van der Waals surface area contributed by atoms with Crippen LogP contribution in [0.4, 0.5) is 0 Å². The maximum absolute atomic E-state index is 5.89. The lowest BCUT2D eigenvalue weighted by Gasteiger charge is -2.18. The van der Waals surface area contributed by atoms with Gasteiger partial charge in [-0.1, -0.05) is 23.7 Å². The van der Waals surface area contributed by atoms with Gasteiger partial charge in [0.15, 0.2) is 0 Å². The van der Waals surface area contributed by atoms with E-state index in [2.05, 4.69) is 5.10 Å². The molecule has 0 saturated carbocycles. The summed E-state index contributed by atoms with van der Waals surface area (Å²) in [7, 11) is 1.88. The lowest BCUT2D eigenvalue weighted by molar-refractivity contribution is 0.297. The maximum atomic E-state index is 5.89. The van der Waals surface area contributed by atoms with Crippen molar-refractivity contribution < 1.29 is 0 Å². The molecule has 0 saturated heterocycles. The second-order valence-electron chi connectivity index (χ2n) is 3.73. The molecule has 16 heavy (non-hydrogen) atoms. The fourth-order valence-electron chi connectivity index (χ4n) is 1.71. The maximum Gasteiger partial charge on any atom is 0.130 e. The molecule has 0 N–H and O–H groups in total. The van der Waals surface area contributed by atoms with E-state index in [-0.39, 0.29) is 6.04 Å². The summed E-state index contributed by atoms with van der Waals surface area (Å²) in [5, 5.41) is 6.97. The molecule has 0 fully saturated rings. The molecule has 86 valence electrons. The summed E-state index contributed by atoms with van der Waals surface area (Å²) in [6.07, 6.45) is 0.760. The summed E-state index contributed by atoms with van der Waals surface area (Å²) in [4.78, 5) is -0.432. The van der Waals surface area contributed by atoms with Crippen LogP contribution in [0.15, 0.2) is 29.4 Å². The van der Waals surface area contributed by atoms with Crippen molar-refractivity contribution in [1.29, 1.82) is 0 Å². The molecule has 1 aromatic carbocycles. The van der Waals surface area contributed by atoms with Crippen LogP contribution in [0.5, 0.6) is 0 Å². The molecule has 1 atom stereocenters. The summed E-state index contributed by atoms with van der Waals surface area (Å²) in [5.74, 6) is 0. The molecule has 0 aliphatic carbocycles. The summed E-state index contributed by atoms with van der Waals surface area (Å²) < 4.78 is 0. The SMILES string of the molecule is CN1N=C(c2ccc(Cl)cc2)CC1C(Cl)Cl. The Morgan fingerprint density at radius 1 is 1.31 bits per heavy atom. The standard InChI is InChI=1S/C11H11Cl3N2/c1-16-10(11(13)14)6-9(15-16)7-2-4-8(12)5-3-7/h2-5,10-11H,6H2,1H3. The van der Waals surface area contributed by atoms with Gasteiger partial charge in [-0.25, -0.2) is 0 Å². The van der Waals surface area contributed by atoms with E-state index in [1.165, 1.54) is 0 Å². The van der Waals surface area contributed by atoms with Gasteiger partial charge in [0.25, 0.3) is 0 Å². The van der Waals surface area contributed by atoms with Crippen molar-refractivity contribution in [2.75, 3.05) is 7.05 Å². The van der Waals surface area contributed by atoms with Crippen LogP contribution in [-0.2, 0) is 0 Å². The van der Waals surface area contributed by atoms with Gasteiger partial charge in [-0.2, -0.15) is 5.10 Å². The molecular formula is C11H11Cl3N2. The third-order valence-corrected chi connectivity index (χ3v) is 3.46. The first-order valence-electron chi connectivity index (χ1n) is 4.92. The zero-order chi connectivity index (χ0) is 11.7. The van der Waals surface area contributed by atoms with Crippen LogP contribution in [0.25, 0.3) is 0 Å². The lowest BCUT2D eigenvalue weighted by atomic mass is 10.1. The van der Waals surface area contributed by atoms with E-state index in [1.807, 2.05) is 36.3 Å². The fraction of sp³-hybridized carbons (Fsp3) is 0.364. The van der Waals surface area contributed by atoms with Gasteiger partial charge in [-0.3, -0.25) is 5.01 Å². The summed E-state index contributed by atoms with van der Waals surface area (Å²) in [6, 6.07) is 7.66. The first-order chi connectivity index (χ1) is 7.58. The van der Waals surface area contributed by atoms with Crippen LogP contribution in [0, 0.1) is 0 Å². The molecule has 1 unspecified atom stereocenters. The Kier molecular flexibility index (Phi) is 3.63. The molecular weight excluding hydrogens is 266 g/mol. The highest BCUT2D eigenvalue weighted by Crippen LogP contribution is 2.25. The average molecular weight is 278 g/mol. The number of rotatable bonds is 2. The second kappa shape index (κ2) is 4.82. The Morgan fingerprint density at radius 3 is 2.44 bits per heavy atom. The Hall–Kier alpha value is -0.440. The molecule has 0 aromatic heterocycles. The van der Waals surface area contributed by atoms with Crippen molar-refractivity contribution in [3.63, 3.8) is 0 Å². The van der Waals surface area contributed by atoms with E-state index in [1.54, 1.807) is 0 Å². The normalized spacial score (nSPS) is 20.4. The largest absolute Gasteiger partial charge is 0.294 e. The number of hydrogen-bond donors (Lipinski definition) is 0. The van der Waals surface area contributed by atoms with Crippen molar-refractivity contribution >= 4 is 40.5 Å². The van der Waals surface area contributed by atoms with Crippen LogP contribution in [0.1, 0.15) is 12.0 Å². The predicted octanol–water partition coefficient (Wildman–Crippen LogP) is 3.55. The van der Waals surface area contributed by atoms with Crippen molar-refractivity contribution in [3.8, 4) is 0 Å². The molecule has 2 nitrogen and oxygen atoms in total. The van der Waals surface area contributed by atoms with Crippen LogP contribution >= 0.6 is 34.8 Å². The topological polar surface area (TPSA) is 15.6 Å². The van der Waals surface area contributed by atoms with Crippen molar-refractivity contribution in [1.82, 2.24) is 5.01 Å². The monoisotopic (exact) mass is 276 g/mol. The summed E-state index contributed by atoms with van der Waals surface area (Å²) >= 11 is 17.6. The van der Waals surface area contributed by atoms with Crippen molar-refractivity contribution in [2.45, 2.75) is 17.3 Å². The number of hydrogen-bond acceptors (Lipinski definition) is 2. The Labute approximate surface area is 110 Å². The van der Waals surface area contributed by atoms with Crippen LogP contribution in [0.2, 0.25) is 5.02 Å². The van der Waals surface area contributed by atoms with Gasteiger partial charge in [-0.05, 0) is 17.7 Å². The molecule has 1 aliphatic heterocycles. The molecule has 1 heterocycles. The van der Waals surface area contributed by atoms with E-state index in [4.69, 9.17) is 34.8 Å². The zero-order valence-electron chi connectivity index (χ0n) is 8.70. The van der Waals surface area contributed by atoms with Gasteiger partial charge in [0.05, 0.1) is 11.8 Å². The highest BCUT2D eigenvalue weighted by molar-refractivity contribution is 6.45. The molecule has 2 rings (SSSR count). The second-order valence-corrected chi connectivity index (χ2v) is 5.33. The number of nitrogens with zero attached hydrogens (tertiary/aromatic N) is 2. The number of hydrazone groups is 1. The minimum Gasteiger partial charge on any atom is -0.294 e. The smallest absolute Gasteiger partial charge is 0.130 e. The van der Waals surface area contributed by atoms with E-state index < -0.39 is 4.84 Å². The Balaban J connectivity index is 2.18. The number of benzene rings is 1. The first kappa shape index (κ1) is 12.0. The average Bonchev–Trinajstić information content (AvgIpc) is 2.61. The van der Waals surface area contributed by atoms with E-state index in [0.29, 0.717) is 0 Å². The quantitative estimate of drug-likeness (QED) is 0.755. The zero-order valence-corrected chi connectivity index (χ0v) is 11.0. The Morgan fingerprint density at radius 2 is 1.94 bits per heavy atom. The van der Waals surface area contributed by atoms with Gasteiger partial charge < -0.3 is 0 Å². The molecule has 1 aromatic rings. The van der Waals surface area contributed by atoms with Gasteiger partial charge in [0.1, 0.15) is 4.84 Å². The summed E-state index contributed by atoms with van der Waals surface area (Å²) in [5.41, 5.74) is 2.06. The van der Waals surface area contributed by atoms with Crippen LogP contribution in [0.3, 0.4) is 0 Å². The van der Waals surface area contributed by atoms with Crippen molar-refractivity contribution in [3.05, 3.63) is 34.9 Å². The highest BCUT2D eigenvalue weighted by Gasteiger charge is 2.29. The minimum atomic E-state index is -0.432. The van der Waals surface area contributed by atoms with Crippen LogP contribution in [-0.4, -0.2) is 28.6 Å². The minimum absolute atomic E-state index is 0.0500. The van der Waals surface area contributed by atoms with Gasteiger partial charge >= 0.3 is 0 Å². The third kappa shape index (κ3) is 2.45. The predicted molar refractivity (Wildman–Crippen MR) is 69.7 cm³/mol. The molecule has 5 heteroatoms. The highest BCUT2D eigenvalue weighted by atomic mass is 35.5. The van der Waals surface area contributed by atoms with E-state index in [9.17, 15) is 0 Å². The fourth-order valence-corrected chi connectivity index (χ4v) is 2.34. The Bertz CT molecular complexity index is 400. The van der Waals surface area contributed by atoms with E-state index in [0.717, 1.165) is 22.7 Å². The van der Waals surface area contributed by atoms with Gasteiger partial charge in [0.2, 0.25) is 0 Å². The molecule has 0 amide bonds. The number of halogens is 3. The third-order valence-electron chi connectivity index (χ3n) is 2.63.